The minimum Gasteiger partial charge on any atom is -0.380 e. The van der Waals surface area contributed by atoms with Gasteiger partial charge in [-0.2, -0.15) is 0 Å². The predicted octanol–water partition coefficient (Wildman–Crippen LogP) is 3.55. The largest absolute Gasteiger partial charge is 0.380 e. The maximum absolute atomic E-state index is 13.2. The molecule has 0 aliphatic heterocycles. The molecule has 2 nitrogen and oxygen atoms in total. The molecule has 0 spiro atoms. The summed E-state index contributed by atoms with van der Waals surface area (Å²) in [7, 11) is 1.76. The fourth-order valence-corrected chi connectivity index (χ4v) is 2.35. The van der Waals surface area contributed by atoms with Gasteiger partial charge < -0.3 is 10.1 Å². The quantitative estimate of drug-likeness (QED) is 0.739. The van der Waals surface area contributed by atoms with E-state index in [9.17, 15) is 4.39 Å². The van der Waals surface area contributed by atoms with E-state index in [1.54, 1.807) is 19.2 Å². The zero-order chi connectivity index (χ0) is 14.1. The number of benzene rings is 1. The third-order valence-electron chi connectivity index (χ3n) is 3.33. The summed E-state index contributed by atoms with van der Waals surface area (Å²) in [6.45, 7) is 5.27. The second kappa shape index (κ2) is 9.05. The molecule has 0 saturated carbocycles. The average Bonchev–Trinajstić information content (AvgIpc) is 2.41. The van der Waals surface area contributed by atoms with Gasteiger partial charge >= 0.3 is 0 Å². The number of hydrogen-bond acceptors (Lipinski definition) is 2. The van der Waals surface area contributed by atoms with Gasteiger partial charge in [0.15, 0.2) is 0 Å². The molecule has 1 rings (SSSR count). The number of methoxy groups -OCH3 is 1. The first-order valence-electron chi connectivity index (χ1n) is 7.21. The van der Waals surface area contributed by atoms with Crippen LogP contribution in [0.15, 0.2) is 24.3 Å². The smallest absolute Gasteiger partial charge is 0.123 e. The number of halogens is 1. The molecule has 0 aromatic heterocycles. The van der Waals surface area contributed by atoms with Crippen LogP contribution in [-0.4, -0.2) is 25.8 Å². The van der Waals surface area contributed by atoms with Gasteiger partial charge in [0.1, 0.15) is 5.82 Å². The Morgan fingerprint density at radius 2 is 2.05 bits per heavy atom. The first-order chi connectivity index (χ1) is 9.21. The second-order valence-electron chi connectivity index (χ2n) is 4.96. The van der Waals surface area contributed by atoms with Crippen molar-refractivity contribution < 1.29 is 9.13 Å². The average molecular weight is 267 g/mol. The number of ether oxygens (including phenoxy) is 1. The molecular formula is C16H26FNO. The van der Waals surface area contributed by atoms with Crippen LogP contribution in [0.4, 0.5) is 4.39 Å². The topological polar surface area (TPSA) is 21.3 Å². The fourth-order valence-electron chi connectivity index (χ4n) is 2.35. The van der Waals surface area contributed by atoms with Gasteiger partial charge in [-0.3, -0.25) is 0 Å². The Labute approximate surface area is 116 Å². The Kier molecular flexibility index (Phi) is 7.68. The van der Waals surface area contributed by atoms with Crippen molar-refractivity contribution in [3.05, 3.63) is 35.6 Å². The zero-order valence-electron chi connectivity index (χ0n) is 12.3. The molecule has 3 heteroatoms. The number of rotatable bonds is 9. The Morgan fingerprint density at radius 3 is 2.63 bits per heavy atom. The Morgan fingerprint density at radius 1 is 1.26 bits per heavy atom. The Balaban J connectivity index is 2.72. The third-order valence-corrected chi connectivity index (χ3v) is 3.33. The van der Waals surface area contributed by atoms with Crippen LogP contribution < -0.4 is 5.32 Å². The number of nitrogens with one attached hydrogen (secondary N) is 1. The van der Waals surface area contributed by atoms with Crippen molar-refractivity contribution >= 4 is 0 Å². The monoisotopic (exact) mass is 267 g/mol. The molecule has 108 valence electrons. The van der Waals surface area contributed by atoms with Crippen LogP contribution >= 0.6 is 0 Å². The van der Waals surface area contributed by atoms with E-state index in [0.717, 1.165) is 37.8 Å². The van der Waals surface area contributed by atoms with E-state index in [4.69, 9.17) is 4.74 Å². The normalized spacial score (nSPS) is 14.3. The first-order valence-corrected chi connectivity index (χ1v) is 7.21. The van der Waals surface area contributed by atoms with E-state index < -0.39 is 0 Å². The summed E-state index contributed by atoms with van der Waals surface area (Å²) < 4.78 is 18.8. The van der Waals surface area contributed by atoms with E-state index in [1.807, 2.05) is 6.07 Å². The highest BCUT2D eigenvalue weighted by Crippen LogP contribution is 2.13. The summed E-state index contributed by atoms with van der Waals surface area (Å²) in [5.41, 5.74) is 1.02. The van der Waals surface area contributed by atoms with Crippen LogP contribution in [0.25, 0.3) is 0 Å². The molecule has 0 amide bonds. The summed E-state index contributed by atoms with van der Waals surface area (Å²) in [4.78, 5) is 0. The van der Waals surface area contributed by atoms with E-state index in [-0.39, 0.29) is 18.0 Å². The SMILES string of the molecule is CCCNC(Cc1cccc(F)c1)C(CCC)OC. The Hall–Kier alpha value is -0.930. The molecule has 0 radical (unpaired) electrons. The Bertz CT molecular complexity index is 356. The van der Waals surface area contributed by atoms with Gasteiger partial charge in [0.25, 0.3) is 0 Å². The van der Waals surface area contributed by atoms with Crippen LogP contribution in [-0.2, 0) is 11.2 Å². The molecule has 1 aromatic carbocycles. The maximum atomic E-state index is 13.2. The van der Waals surface area contributed by atoms with Crippen molar-refractivity contribution in [3.8, 4) is 0 Å². The summed E-state index contributed by atoms with van der Waals surface area (Å²) in [5.74, 6) is -0.170. The molecule has 1 N–H and O–H groups in total. The highest BCUT2D eigenvalue weighted by atomic mass is 19.1. The lowest BCUT2D eigenvalue weighted by Crippen LogP contribution is -2.43. The molecule has 2 atom stereocenters. The van der Waals surface area contributed by atoms with E-state index >= 15 is 0 Å². The highest BCUT2D eigenvalue weighted by molar-refractivity contribution is 5.17. The van der Waals surface area contributed by atoms with Gasteiger partial charge in [-0.15, -0.1) is 0 Å². The van der Waals surface area contributed by atoms with Crippen LogP contribution in [0, 0.1) is 5.82 Å². The van der Waals surface area contributed by atoms with Gasteiger partial charge in [0.2, 0.25) is 0 Å². The molecule has 0 aliphatic carbocycles. The van der Waals surface area contributed by atoms with E-state index in [0.29, 0.717) is 0 Å². The highest BCUT2D eigenvalue weighted by Gasteiger charge is 2.20. The van der Waals surface area contributed by atoms with Crippen molar-refractivity contribution in [2.24, 2.45) is 0 Å². The van der Waals surface area contributed by atoms with Crippen molar-refractivity contribution in [2.75, 3.05) is 13.7 Å². The second-order valence-corrected chi connectivity index (χ2v) is 4.96. The lowest BCUT2D eigenvalue weighted by Gasteiger charge is -2.27. The van der Waals surface area contributed by atoms with Gasteiger partial charge in [0, 0.05) is 13.2 Å². The fraction of sp³-hybridized carbons (Fsp3) is 0.625. The molecular weight excluding hydrogens is 241 g/mol. The van der Waals surface area contributed by atoms with Crippen LogP contribution in [0.2, 0.25) is 0 Å². The number of hydrogen-bond donors (Lipinski definition) is 1. The molecule has 2 unspecified atom stereocenters. The molecule has 0 fully saturated rings. The van der Waals surface area contributed by atoms with Crippen molar-refractivity contribution in [1.82, 2.24) is 5.32 Å². The van der Waals surface area contributed by atoms with Gasteiger partial charge in [-0.05, 0) is 43.5 Å². The molecule has 19 heavy (non-hydrogen) atoms. The molecule has 0 saturated heterocycles. The van der Waals surface area contributed by atoms with Crippen molar-refractivity contribution in [2.45, 2.75) is 51.7 Å². The van der Waals surface area contributed by atoms with Crippen LogP contribution in [0.5, 0.6) is 0 Å². The van der Waals surface area contributed by atoms with Gasteiger partial charge in [-0.1, -0.05) is 32.4 Å². The van der Waals surface area contributed by atoms with E-state index in [1.165, 1.54) is 6.07 Å². The third kappa shape index (κ3) is 5.70. The lowest BCUT2D eigenvalue weighted by molar-refractivity contribution is 0.0609. The van der Waals surface area contributed by atoms with Gasteiger partial charge in [0.05, 0.1) is 6.10 Å². The van der Waals surface area contributed by atoms with Gasteiger partial charge in [-0.25, -0.2) is 4.39 Å². The summed E-state index contributed by atoms with van der Waals surface area (Å²) >= 11 is 0. The predicted molar refractivity (Wildman–Crippen MR) is 77.9 cm³/mol. The van der Waals surface area contributed by atoms with Crippen molar-refractivity contribution in [1.29, 1.82) is 0 Å². The summed E-state index contributed by atoms with van der Waals surface area (Å²) in [6.07, 6.45) is 4.18. The zero-order valence-corrected chi connectivity index (χ0v) is 12.3. The molecule has 1 aromatic rings. The van der Waals surface area contributed by atoms with Crippen molar-refractivity contribution in [3.63, 3.8) is 0 Å². The molecule has 0 bridgehead atoms. The first kappa shape index (κ1) is 16.1. The van der Waals surface area contributed by atoms with Crippen LogP contribution in [0.1, 0.15) is 38.7 Å². The maximum Gasteiger partial charge on any atom is 0.123 e. The lowest BCUT2D eigenvalue weighted by atomic mass is 9.98. The molecule has 0 heterocycles. The minimum atomic E-state index is -0.170. The minimum absolute atomic E-state index is 0.170. The van der Waals surface area contributed by atoms with E-state index in [2.05, 4.69) is 19.2 Å². The van der Waals surface area contributed by atoms with Crippen LogP contribution in [0.3, 0.4) is 0 Å². The standard InChI is InChI=1S/C16H26FNO/c1-4-7-16(19-3)15(18-10-5-2)12-13-8-6-9-14(17)11-13/h6,8-9,11,15-16,18H,4-5,7,10,12H2,1-3H3. The summed E-state index contributed by atoms with van der Waals surface area (Å²) in [5, 5.41) is 3.53. The molecule has 0 aliphatic rings. The summed E-state index contributed by atoms with van der Waals surface area (Å²) in [6, 6.07) is 7.08.